The average molecular weight is 386 g/mol. The number of hydrogen-bond acceptors (Lipinski definition) is 2. The van der Waals surface area contributed by atoms with E-state index in [0.29, 0.717) is 6.42 Å². The second kappa shape index (κ2) is 9.09. The number of aryl methyl sites for hydroxylation is 1. The Bertz CT molecular complexity index is 957. The summed E-state index contributed by atoms with van der Waals surface area (Å²) in [5, 5.41) is 0. The number of carbonyl (C=O) groups is 1. The summed E-state index contributed by atoms with van der Waals surface area (Å²) in [4.78, 5) is 14.3. The van der Waals surface area contributed by atoms with Gasteiger partial charge in [0.05, 0.1) is 0 Å². The molecular weight excluding hydrogens is 354 g/mol. The van der Waals surface area contributed by atoms with Crippen molar-refractivity contribution in [2.24, 2.45) is 0 Å². The molecule has 1 aliphatic rings. The van der Waals surface area contributed by atoms with E-state index >= 15 is 0 Å². The predicted molar refractivity (Wildman–Crippen MR) is 125 cm³/mol. The van der Waals surface area contributed by atoms with Crippen molar-refractivity contribution in [1.29, 1.82) is 0 Å². The number of benzene rings is 2. The molecule has 0 saturated carbocycles. The van der Waals surface area contributed by atoms with Crippen molar-refractivity contribution < 1.29 is 4.79 Å². The van der Waals surface area contributed by atoms with Gasteiger partial charge in [0.1, 0.15) is 0 Å². The van der Waals surface area contributed by atoms with E-state index in [1.807, 2.05) is 13.0 Å². The predicted octanol–water partition coefficient (Wildman–Crippen LogP) is 6.67. The van der Waals surface area contributed by atoms with Gasteiger partial charge in [0.25, 0.3) is 0 Å². The molecule has 2 nitrogen and oxygen atoms in total. The lowest BCUT2D eigenvalue weighted by molar-refractivity contribution is -0.113. The zero-order chi connectivity index (χ0) is 21.0. The number of likely N-dealkylation sites (tertiary alicyclic amines) is 1. The first-order valence-corrected chi connectivity index (χ1v) is 10.4. The van der Waals surface area contributed by atoms with Crippen molar-refractivity contribution in [3.8, 4) is 11.1 Å². The van der Waals surface area contributed by atoms with E-state index in [-0.39, 0.29) is 5.78 Å². The van der Waals surface area contributed by atoms with Crippen molar-refractivity contribution >= 4 is 17.6 Å². The Morgan fingerprint density at radius 2 is 1.62 bits per heavy atom. The van der Waals surface area contributed by atoms with Crippen LogP contribution >= 0.6 is 0 Å². The van der Waals surface area contributed by atoms with Gasteiger partial charge in [-0.2, -0.15) is 0 Å². The third-order valence-corrected chi connectivity index (χ3v) is 5.58. The third kappa shape index (κ3) is 5.14. The fourth-order valence-corrected chi connectivity index (χ4v) is 3.83. The van der Waals surface area contributed by atoms with Crippen LogP contribution in [-0.4, -0.2) is 23.8 Å². The molecule has 0 aromatic heterocycles. The summed E-state index contributed by atoms with van der Waals surface area (Å²) in [7, 11) is 0. The molecular formula is C27H31NO. The number of allylic oxidation sites excluding steroid dienone is 2. The average Bonchev–Trinajstić information content (AvgIpc) is 3.23. The zero-order valence-corrected chi connectivity index (χ0v) is 17.9. The van der Waals surface area contributed by atoms with E-state index in [9.17, 15) is 4.79 Å². The van der Waals surface area contributed by atoms with Gasteiger partial charge in [-0.3, -0.25) is 4.79 Å². The first-order chi connectivity index (χ1) is 13.8. The van der Waals surface area contributed by atoms with Crippen LogP contribution in [0.1, 0.15) is 49.8 Å². The lowest BCUT2D eigenvalue weighted by Gasteiger charge is -2.20. The lowest BCUT2D eigenvalue weighted by Crippen LogP contribution is -2.16. The Labute approximate surface area is 175 Å². The van der Waals surface area contributed by atoms with E-state index in [1.165, 1.54) is 29.5 Å². The molecule has 3 rings (SSSR count). The minimum atomic E-state index is 0.102. The van der Waals surface area contributed by atoms with E-state index in [2.05, 4.69) is 67.4 Å². The van der Waals surface area contributed by atoms with Gasteiger partial charge in [-0.1, -0.05) is 61.2 Å². The highest BCUT2D eigenvalue weighted by atomic mass is 16.1. The Morgan fingerprint density at radius 1 is 1.00 bits per heavy atom. The second-order valence-corrected chi connectivity index (χ2v) is 8.15. The lowest BCUT2D eigenvalue weighted by atomic mass is 9.95. The Hall–Kier alpha value is -2.87. The van der Waals surface area contributed by atoms with Gasteiger partial charge in [0.2, 0.25) is 0 Å². The van der Waals surface area contributed by atoms with Crippen LogP contribution in [-0.2, 0) is 4.79 Å². The monoisotopic (exact) mass is 385 g/mol. The zero-order valence-electron chi connectivity index (χ0n) is 17.9. The number of rotatable bonds is 7. The van der Waals surface area contributed by atoms with Crippen LogP contribution in [0.4, 0.5) is 0 Å². The highest BCUT2D eigenvalue weighted by Gasteiger charge is 2.14. The Balaban J connectivity index is 1.81. The van der Waals surface area contributed by atoms with E-state index in [0.717, 1.165) is 41.1 Å². The molecule has 1 saturated heterocycles. The molecule has 0 N–H and O–H groups in total. The van der Waals surface area contributed by atoms with Crippen molar-refractivity contribution in [3.63, 3.8) is 0 Å². The number of carbonyl (C=O) groups excluding carboxylic acids is 1. The van der Waals surface area contributed by atoms with Crippen molar-refractivity contribution in [2.45, 2.75) is 40.0 Å². The normalized spacial score (nSPS) is 14.2. The van der Waals surface area contributed by atoms with Crippen LogP contribution in [0.25, 0.3) is 22.9 Å². The van der Waals surface area contributed by atoms with Crippen molar-refractivity contribution in [1.82, 2.24) is 4.90 Å². The van der Waals surface area contributed by atoms with Crippen LogP contribution in [0.15, 0.2) is 66.8 Å². The molecule has 1 aliphatic heterocycles. The standard InChI is InChI=1S/C27H31NO/c1-19(2)16-27(22(5)29)18-25-12-13-26(17-20(25)3)24-10-8-23(9-11-24)21(4)28-14-6-7-15-28/h8-13,17-18H,1,4,6-7,14-16H2,2-3,5H3/b27-18+. The molecule has 0 atom stereocenters. The molecule has 0 spiro atoms. The van der Waals surface area contributed by atoms with Crippen LogP contribution < -0.4 is 0 Å². The van der Waals surface area contributed by atoms with Gasteiger partial charge >= 0.3 is 0 Å². The molecule has 150 valence electrons. The molecule has 2 aromatic rings. The Kier molecular flexibility index (Phi) is 6.53. The maximum Gasteiger partial charge on any atom is 0.156 e. The van der Waals surface area contributed by atoms with Crippen LogP contribution in [0.5, 0.6) is 0 Å². The van der Waals surface area contributed by atoms with Gasteiger partial charge in [0, 0.05) is 18.8 Å². The summed E-state index contributed by atoms with van der Waals surface area (Å²) in [5.41, 5.74) is 8.73. The fraction of sp³-hybridized carbons (Fsp3) is 0.296. The van der Waals surface area contributed by atoms with Crippen LogP contribution in [0.3, 0.4) is 0 Å². The molecule has 0 amide bonds. The molecule has 2 aromatic carbocycles. The van der Waals surface area contributed by atoms with Crippen molar-refractivity contribution in [3.05, 3.63) is 83.5 Å². The maximum absolute atomic E-state index is 11.9. The highest BCUT2D eigenvalue weighted by Crippen LogP contribution is 2.28. The summed E-state index contributed by atoms with van der Waals surface area (Å²) < 4.78 is 0. The summed E-state index contributed by atoms with van der Waals surface area (Å²) in [6.07, 6.45) is 5.14. The highest BCUT2D eigenvalue weighted by molar-refractivity contribution is 5.98. The molecule has 2 heteroatoms. The molecule has 1 fully saturated rings. The first kappa shape index (κ1) is 20.9. The number of ketones is 1. The molecule has 0 unspecified atom stereocenters. The minimum Gasteiger partial charge on any atom is -0.372 e. The molecule has 0 aliphatic carbocycles. The summed E-state index contributed by atoms with van der Waals surface area (Å²) in [6, 6.07) is 15.1. The summed E-state index contributed by atoms with van der Waals surface area (Å²) in [6.45, 7) is 16.1. The second-order valence-electron chi connectivity index (χ2n) is 8.15. The van der Waals surface area contributed by atoms with Crippen LogP contribution in [0, 0.1) is 6.92 Å². The van der Waals surface area contributed by atoms with Crippen LogP contribution in [0.2, 0.25) is 0 Å². The van der Waals surface area contributed by atoms with Gasteiger partial charge in [0.15, 0.2) is 5.78 Å². The fourth-order valence-electron chi connectivity index (χ4n) is 3.83. The third-order valence-electron chi connectivity index (χ3n) is 5.58. The number of nitrogens with zero attached hydrogens (tertiary/aromatic N) is 1. The van der Waals surface area contributed by atoms with E-state index in [4.69, 9.17) is 0 Å². The van der Waals surface area contributed by atoms with Gasteiger partial charge in [-0.15, -0.1) is 0 Å². The SMILES string of the molecule is C=C(C)C/C(=C\c1ccc(-c2ccc(C(=C)N3CCCC3)cc2)cc1C)C(C)=O. The summed E-state index contributed by atoms with van der Waals surface area (Å²) in [5.74, 6) is 0.102. The molecule has 0 radical (unpaired) electrons. The topological polar surface area (TPSA) is 20.3 Å². The van der Waals surface area contributed by atoms with E-state index in [1.54, 1.807) is 6.92 Å². The Morgan fingerprint density at radius 3 is 2.17 bits per heavy atom. The molecule has 0 bridgehead atoms. The van der Waals surface area contributed by atoms with Crippen molar-refractivity contribution in [2.75, 3.05) is 13.1 Å². The summed E-state index contributed by atoms with van der Waals surface area (Å²) >= 11 is 0. The van der Waals surface area contributed by atoms with Gasteiger partial charge in [-0.25, -0.2) is 0 Å². The number of Topliss-reactive ketones (excluding diaryl/α,β-unsaturated/α-hetero) is 1. The smallest absolute Gasteiger partial charge is 0.156 e. The quantitative estimate of drug-likeness (QED) is 0.392. The molecule has 1 heterocycles. The minimum absolute atomic E-state index is 0.102. The maximum atomic E-state index is 11.9. The largest absolute Gasteiger partial charge is 0.372 e. The van der Waals surface area contributed by atoms with Gasteiger partial charge in [-0.05, 0) is 79.5 Å². The van der Waals surface area contributed by atoms with E-state index < -0.39 is 0 Å². The molecule has 29 heavy (non-hydrogen) atoms. The van der Waals surface area contributed by atoms with Gasteiger partial charge < -0.3 is 4.90 Å². The number of hydrogen-bond donors (Lipinski definition) is 0. The first-order valence-electron chi connectivity index (χ1n) is 10.4.